The molecule has 0 fully saturated rings. The molecule has 0 aliphatic heterocycles. The molecular formula is C9H9Cl2N3. The van der Waals surface area contributed by atoms with Gasteiger partial charge in [-0.3, -0.25) is 0 Å². The molecule has 0 bridgehead atoms. The molecule has 0 radical (unpaired) electrons. The van der Waals surface area contributed by atoms with E-state index >= 15 is 0 Å². The van der Waals surface area contributed by atoms with Gasteiger partial charge in [-0.05, 0) is 17.7 Å². The lowest BCUT2D eigenvalue weighted by atomic mass is 10.3. The first kappa shape index (κ1) is 11.0. The number of rotatable bonds is 2. The van der Waals surface area contributed by atoms with Gasteiger partial charge in [0.15, 0.2) is 5.82 Å². The van der Waals surface area contributed by atoms with Crippen LogP contribution in [-0.2, 0) is 5.88 Å². The average molecular weight is 230 g/mol. The Morgan fingerprint density at radius 3 is 2.71 bits per heavy atom. The average Bonchev–Trinajstić information content (AvgIpc) is 2.71. The minimum Gasteiger partial charge on any atom is -0.237 e. The molecule has 0 aromatic carbocycles. The summed E-state index contributed by atoms with van der Waals surface area (Å²) in [6.07, 6.45) is 5.32. The monoisotopic (exact) mass is 229 g/mol. The van der Waals surface area contributed by atoms with Crippen molar-refractivity contribution in [2.75, 3.05) is 0 Å². The Bertz CT molecular complexity index is 369. The molecule has 2 heterocycles. The number of aromatic nitrogens is 3. The number of alkyl halides is 1. The summed E-state index contributed by atoms with van der Waals surface area (Å²) in [5, 5.41) is 4.06. The summed E-state index contributed by atoms with van der Waals surface area (Å²) in [6, 6.07) is 5.69. The highest BCUT2D eigenvalue weighted by Crippen LogP contribution is 2.06. The molecule has 0 unspecified atom stereocenters. The topological polar surface area (TPSA) is 30.7 Å². The number of nitrogens with zero attached hydrogens (tertiary/aromatic N) is 3. The molecule has 0 aliphatic carbocycles. The summed E-state index contributed by atoms with van der Waals surface area (Å²) in [5.74, 6) is 1.30. The Kier molecular flexibility index (Phi) is 3.92. The summed E-state index contributed by atoms with van der Waals surface area (Å²) in [7, 11) is 0. The van der Waals surface area contributed by atoms with Crippen LogP contribution in [0.5, 0.6) is 0 Å². The molecule has 74 valence electrons. The lowest BCUT2D eigenvalue weighted by Crippen LogP contribution is -1.97. The van der Waals surface area contributed by atoms with Crippen LogP contribution < -0.4 is 0 Å². The molecule has 0 spiro atoms. The van der Waals surface area contributed by atoms with Gasteiger partial charge in [-0.15, -0.1) is 24.0 Å². The Morgan fingerprint density at radius 2 is 2.21 bits per heavy atom. The van der Waals surface area contributed by atoms with E-state index in [0.29, 0.717) is 5.88 Å². The fourth-order valence-electron chi connectivity index (χ4n) is 1.04. The minimum absolute atomic E-state index is 0. The second kappa shape index (κ2) is 4.98. The molecule has 2 aromatic heterocycles. The van der Waals surface area contributed by atoms with E-state index in [1.165, 1.54) is 0 Å². The first-order chi connectivity index (χ1) is 6.40. The Morgan fingerprint density at radius 1 is 1.36 bits per heavy atom. The Hall–Kier alpha value is -1.06. The van der Waals surface area contributed by atoms with Crippen LogP contribution in [0.1, 0.15) is 5.56 Å². The van der Waals surface area contributed by atoms with Crippen LogP contribution in [0.25, 0.3) is 5.82 Å². The zero-order valence-electron chi connectivity index (χ0n) is 7.30. The van der Waals surface area contributed by atoms with Crippen molar-refractivity contribution in [3.8, 4) is 5.82 Å². The lowest BCUT2D eigenvalue weighted by molar-refractivity contribution is 0.845. The van der Waals surface area contributed by atoms with Crippen LogP contribution in [0.2, 0.25) is 0 Å². The van der Waals surface area contributed by atoms with E-state index in [1.54, 1.807) is 17.1 Å². The second-order valence-electron chi connectivity index (χ2n) is 2.61. The number of halogens is 2. The normalized spacial score (nSPS) is 9.50. The van der Waals surface area contributed by atoms with E-state index in [1.807, 2.05) is 24.4 Å². The van der Waals surface area contributed by atoms with Crippen molar-refractivity contribution in [1.29, 1.82) is 0 Å². The van der Waals surface area contributed by atoms with Gasteiger partial charge in [0.2, 0.25) is 0 Å². The van der Waals surface area contributed by atoms with E-state index in [4.69, 9.17) is 11.6 Å². The summed E-state index contributed by atoms with van der Waals surface area (Å²) < 4.78 is 1.71. The zero-order valence-corrected chi connectivity index (χ0v) is 8.87. The smallest absolute Gasteiger partial charge is 0.153 e. The molecule has 0 amide bonds. The van der Waals surface area contributed by atoms with Gasteiger partial charge in [-0.25, -0.2) is 9.67 Å². The number of hydrogen-bond donors (Lipinski definition) is 0. The molecule has 0 saturated carbocycles. The predicted molar refractivity (Wildman–Crippen MR) is 58.2 cm³/mol. The summed E-state index contributed by atoms with van der Waals surface area (Å²) in [4.78, 5) is 4.21. The molecule has 3 nitrogen and oxygen atoms in total. The molecular weight excluding hydrogens is 221 g/mol. The van der Waals surface area contributed by atoms with Crippen LogP contribution in [0.3, 0.4) is 0 Å². The van der Waals surface area contributed by atoms with Gasteiger partial charge in [0, 0.05) is 24.5 Å². The van der Waals surface area contributed by atoms with Gasteiger partial charge in [0.05, 0.1) is 0 Å². The van der Waals surface area contributed by atoms with Gasteiger partial charge >= 0.3 is 0 Å². The Labute approximate surface area is 93.1 Å². The second-order valence-corrected chi connectivity index (χ2v) is 2.88. The SMILES string of the molecule is Cl.ClCc1ccc(-n2cccn2)nc1. The van der Waals surface area contributed by atoms with E-state index in [-0.39, 0.29) is 12.4 Å². The van der Waals surface area contributed by atoms with Crippen molar-refractivity contribution in [3.05, 3.63) is 42.4 Å². The van der Waals surface area contributed by atoms with E-state index in [0.717, 1.165) is 11.4 Å². The van der Waals surface area contributed by atoms with Crippen molar-refractivity contribution in [2.24, 2.45) is 0 Å². The Balaban J connectivity index is 0.000000980. The van der Waals surface area contributed by atoms with Crippen molar-refractivity contribution >= 4 is 24.0 Å². The van der Waals surface area contributed by atoms with Crippen molar-refractivity contribution in [2.45, 2.75) is 5.88 Å². The quantitative estimate of drug-likeness (QED) is 0.741. The fourth-order valence-corrected chi connectivity index (χ4v) is 1.19. The van der Waals surface area contributed by atoms with Crippen LogP contribution in [0.15, 0.2) is 36.8 Å². The highest BCUT2D eigenvalue weighted by Gasteiger charge is 1.96. The maximum absolute atomic E-state index is 5.64. The highest BCUT2D eigenvalue weighted by molar-refractivity contribution is 6.17. The first-order valence-corrected chi connectivity index (χ1v) is 4.44. The van der Waals surface area contributed by atoms with E-state index in [2.05, 4.69) is 10.1 Å². The maximum atomic E-state index is 5.64. The largest absolute Gasteiger partial charge is 0.237 e. The van der Waals surface area contributed by atoms with Crippen LogP contribution in [0.4, 0.5) is 0 Å². The molecule has 14 heavy (non-hydrogen) atoms. The molecule has 0 N–H and O–H groups in total. The van der Waals surface area contributed by atoms with Gasteiger partial charge in [-0.1, -0.05) is 6.07 Å². The number of hydrogen-bond acceptors (Lipinski definition) is 2. The minimum atomic E-state index is 0. The lowest BCUT2D eigenvalue weighted by Gasteiger charge is -2.00. The third-order valence-electron chi connectivity index (χ3n) is 1.70. The van der Waals surface area contributed by atoms with Crippen LogP contribution in [0, 0.1) is 0 Å². The summed E-state index contributed by atoms with van der Waals surface area (Å²) in [6.45, 7) is 0. The van der Waals surface area contributed by atoms with E-state index < -0.39 is 0 Å². The van der Waals surface area contributed by atoms with Gasteiger partial charge in [-0.2, -0.15) is 5.10 Å². The predicted octanol–water partition coefficient (Wildman–Crippen LogP) is 2.43. The van der Waals surface area contributed by atoms with Crippen molar-refractivity contribution in [1.82, 2.24) is 14.8 Å². The summed E-state index contributed by atoms with van der Waals surface area (Å²) >= 11 is 5.64. The van der Waals surface area contributed by atoms with Crippen molar-refractivity contribution in [3.63, 3.8) is 0 Å². The fraction of sp³-hybridized carbons (Fsp3) is 0.111. The molecule has 5 heteroatoms. The van der Waals surface area contributed by atoms with Gasteiger partial charge in [0.25, 0.3) is 0 Å². The molecule has 0 atom stereocenters. The van der Waals surface area contributed by atoms with Gasteiger partial charge < -0.3 is 0 Å². The molecule has 0 aliphatic rings. The highest BCUT2D eigenvalue weighted by atomic mass is 35.5. The maximum Gasteiger partial charge on any atom is 0.153 e. The molecule has 2 aromatic rings. The molecule has 2 rings (SSSR count). The standard InChI is InChI=1S/C9H8ClN3.ClH/c10-6-8-2-3-9(11-7-8)13-5-1-4-12-13;/h1-5,7H,6H2;1H. The third-order valence-corrected chi connectivity index (χ3v) is 2.01. The van der Waals surface area contributed by atoms with Gasteiger partial charge in [0.1, 0.15) is 0 Å². The zero-order chi connectivity index (χ0) is 9.10. The molecule has 0 saturated heterocycles. The first-order valence-electron chi connectivity index (χ1n) is 3.91. The van der Waals surface area contributed by atoms with E-state index in [9.17, 15) is 0 Å². The number of pyridine rings is 1. The van der Waals surface area contributed by atoms with Crippen LogP contribution >= 0.6 is 24.0 Å². The third kappa shape index (κ3) is 2.25. The summed E-state index contributed by atoms with van der Waals surface area (Å²) in [5.41, 5.74) is 1.01. The van der Waals surface area contributed by atoms with Crippen LogP contribution in [-0.4, -0.2) is 14.8 Å². The van der Waals surface area contributed by atoms with Crippen molar-refractivity contribution < 1.29 is 0 Å².